The first-order chi connectivity index (χ1) is 19.9. The van der Waals surface area contributed by atoms with Gasteiger partial charge < -0.3 is 9.64 Å². The number of unbranched alkanes of at least 4 members (excludes halogenated alkanes) is 1. The third-order valence-electron chi connectivity index (χ3n) is 4.80. The van der Waals surface area contributed by atoms with E-state index in [2.05, 4.69) is 4.98 Å². The lowest BCUT2D eigenvalue weighted by Gasteiger charge is -2.28. The van der Waals surface area contributed by atoms with E-state index in [1.807, 2.05) is 36.4 Å². The molecule has 0 saturated heterocycles. The van der Waals surface area contributed by atoms with Gasteiger partial charge in [-0.3, -0.25) is 14.5 Å². The molecule has 3 rings (SSSR count). The van der Waals surface area contributed by atoms with Crippen LogP contribution in [0.3, 0.4) is 0 Å². The first kappa shape index (κ1) is 17.2. The average Bonchev–Trinajstić information content (AvgIpc) is 2.90. The molecule has 0 bridgehead atoms. The predicted molar refractivity (Wildman–Crippen MR) is 138 cm³/mol. The number of carbonyl (C=O) groups excluding carboxylic acids is 1. The number of aromatic nitrogens is 2. The molecule has 0 unspecified atom stereocenters. The van der Waals surface area contributed by atoms with Crippen LogP contribution in [0.15, 0.2) is 66.9 Å². The van der Waals surface area contributed by atoms with Gasteiger partial charge in [-0.25, -0.2) is 13.4 Å². The van der Waals surface area contributed by atoms with Gasteiger partial charge in [-0.1, -0.05) is 60.7 Å². The van der Waals surface area contributed by atoms with Gasteiger partial charge in [0.05, 0.1) is 26.6 Å². The second-order valence-electron chi connectivity index (χ2n) is 7.61. The van der Waals surface area contributed by atoms with E-state index in [0.29, 0.717) is 23.2 Å². The quantitative estimate of drug-likeness (QED) is 0.373. The number of benzene rings is 2. The SMILES string of the molecule is [2H]C([2H])(OCCCCN(c1cnc(-c2ccccc2)c(-c2ccccc2)n1)C(C([2H])([2H])[2H])C([2H])([2H])[2H])C(=O)NS(C)(=O)=O. The van der Waals surface area contributed by atoms with Crippen molar-refractivity contribution < 1.29 is 28.9 Å². The van der Waals surface area contributed by atoms with Crippen LogP contribution in [0.1, 0.15) is 37.5 Å². The summed E-state index contributed by atoms with van der Waals surface area (Å²) in [6.45, 7) is -9.34. The zero-order valence-electron chi connectivity index (χ0n) is 27.1. The summed E-state index contributed by atoms with van der Waals surface area (Å²) in [5, 5.41) is 0. The summed E-state index contributed by atoms with van der Waals surface area (Å²) in [5.74, 6) is -1.48. The maximum absolute atomic E-state index is 11.9. The molecule has 0 aliphatic rings. The van der Waals surface area contributed by atoms with Gasteiger partial charge >= 0.3 is 0 Å². The molecular weight excluding hydrogens is 464 g/mol. The van der Waals surface area contributed by atoms with Crippen molar-refractivity contribution in [1.82, 2.24) is 14.7 Å². The molecule has 35 heavy (non-hydrogen) atoms. The summed E-state index contributed by atoms with van der Waals surface area (Å²) in [6.07, 6.45) is 2.19. The van der Waals surface area contributed by atoms with E-state index < -0.39 is 42.2 Å². The molecule has 3 aromatic rings. The summed E-state index contributed by atoms with van der Waals surface area (Å²) in [6, 6.07) is 16.3. The average molecular weight is 505 g/mol. The normalized spacial score (nSPS) is 15.9. The Hall–Kier alpha value is -3.30. The van der Waals surface area contributed by atoms with Gasteiger partial charge in [0.15, 0.2) is 0 Å². The van der Waals surface area contributed by atoms with E-state index in [0.717, 1.165) is 10.5 Å². The van der Waals surface area contributed by atoms with E-state index in [1.54, 1.807) is 24.3 Å². The van der Waals surface area contributed by atoms with Crippen LogP contribution in [-0.2, 0) is 19.6 Å². The zero-order chi connectivity index (χ0) is 32.1. The van der Waals surface area contributed by atoms with Crippen molar-refractivity contribution in [2.45, 2.75) is 32.6 Å². The van der Waals surface area contributed by atoms with Gasteiger partial charge in [0, 0.05) is 38.5 Å². The van der Waals surface area contributed by atoms with Crippen molar-refractivity contribution in [1.29, 1.82) is 0 Å². The monoisotopic (exact) mass is 504 g/mol. The lowest BCUT2D eigenvalue weighted by atomic mass is 10.0. The Morgan fingerprint density at radius 3 is 2.29 bits per heavy atom. The van der Waals surface area contributed by atoms with Gasteiger partial charge in [-0.15, -0.1) is 0 Å². The number of carbonyl (C=O) groups is 1. The van der Waals surface area contributed by atoms with E-state index in [-0.39, 0.29) is 31.8 Å². The number of nitrogens with zero attached hydrogens (tertiary/aromatic N) is 3. The fraction of sp³-hybridized carbons (Fsp3) is 0.346. The maximum atomic E-state index is 11.9. The van der Waals surface area contributed by atoms with Crippen molar-refractivity contribution >= 4 is 21.7 Å². The molecule has 0 fully saturated rings. The highest BCUT2D eigenvalue weighted by atomic mass is 32.2. The van der Waals surface area contributed by atoms with Crippen molar-refractivity contribution in [2.24, 2.45) is 0 Å². The number of rotatable bonds is 12. The number of amides is 1. The fourth-order valence-electron chi connectivity index (χ4n) is 3.26. The summed E-state index contributed by atoms with van der Waals surface area (Å²) >= 11 is 0. The standard InChI is InChI=1S/C26H32N4O4S/c1-20(2)30(16-10-11-17-34-19-24(31)29-35(3,32)33)23-18-27-25(21-12-6-4-7-13-21)26(28-23)22-14-8-5-9-15-22/h4-9,12-15,18,20H,10-11,16-17,19H2,1-3H3,(H,29,31)/i1D3,2D3,19D2. The highest BCUT2D eigenvalue weighted by Crippen LogP contribution is 2.30. The van der Waals surface area contributed by atoms with Gasteiger partial charge in [-0.2, -0.15) is 0 Å². The van der Waals surface area contributed by atoms with Gasteiger partial charge in [0.25, 0.3) is 5.91 Å². The number of hydrogen-bond acceptors (Lipinski definition) is 7. The van der Waals surface area contributed by atoms with Gasteiger partial charge in [0.2, 0.25) is 10.0 Å². The molecule has 1 amide bonds. The minimum absolute atomic E-state index is 0.0135. The van der Waals surface area contributed by atoms with Crippen LogP contribution >= 0.6 is 0 Å². The second-order valence-corrected chi connectivity index (χ2v) is 9.36. The zero-order valence-corrected chi connectivity index (χ0v) is 20.0. The molecule has 1 aromatic heterocycles. The second kappa shape index (κ2) is 12.4. The highest BCUT2D eigenvalue weighted by Gasteiger charge is 2.17. The van der Waals surface area contributed by atoms with Crippen LogP contribution in [0.4, 0.5) is 5.82 Å². The molecule has 1 heterocycles. The Labute approximate surface area is 218 Å². The molecule has 8 nitrogen and oxygen atoms in total. The van der Waals surface area contributed by atoms with Crippen molar-refractivity contribution in [3.05, 3.63) is 66.9 Å². The summed E-state index contributed by atoms with van der Waals surface area (Å²) in [7, 11) is -4.01. The molecule has 1 N–H and O–H groups in total. The summed E-state index contributed by atoms with van der Waals surface area (Å²) in [4.78, 5) is 22.3. The number of ether oxygens (including phenoxy) is 1. The van der Waals surface area contributed by atoms with E-state index in [1.165, 1.54) is 10.9 Å². The van der Waals surface area contributed by atoms with Crippen molar-refractivity contribution in [3.63, 3.8) is 0 Å². The van der Waals surface area contributed by atoms with Crippen LogP contribution < -0.4 is 9.62 Å². The maximum Gasteiger partial charge on any atom is 0.259 e. The van der Waals surface area contributed by atoms with E-state index in [4.69, 9.17) is 20.7 Å². The van der Waals surface area contributed by atoms with Gasteiger partial charge in [-0.05, 0) is 26.5 Å². The summed E-state index contributed by atoms with van der Waals surface area (Å²) < 4.78 is 92.6. The first-order valence-corrected chi connectivity index (χ1v) is 12.7. The number of hydrogen-bond donors (Lipinski definition) is 1. The molecule has 0 aliphatic heterocycles. The Balaban J connectivity index is 1.94. The molecule has 186 valence electrons. The topological polar surface area (TPSA) is 101 Å². The van der Waals surface area contributed by atoms with Crippen molar-refractivity contribution in [3.8, 4) is 22.5 Å². The molecule has 0 saturated carbocycles. The third-order valence-corrected chi connectivity index (χ3v) is 5.35. The Bertz CT molecular complexity index is 1470. The predicted octanol–water partition coefficient (Wildman–Crippen LogP) is 3.90. The minimum atomic E-state index is -4.01. The molecule has 0 spiro atoms. The van der Waals surface area contributed by atoms with Crippen LogP contribution in [0.2, 0.25) is 0 Å². The van der Waals surface area contributed by atoms with Crippen LogP contribution in [0.5, 0.6) is 0 Å². The van der Waals surface area contributed by atoms with E-state index in [9.17, 15) is 13.2 Å². The van der Waals surface area contributed by atoms with E-state index >= 15 is 0 Å². The van der Waals surface area contributed by atoms with Crippen LogP contribution in [-0.4, -0.2) is 56.3 Å². The van der Waals surface area contributed by atoms with Crippen LogP contribution in [0.25, 0.3) is 22.5 Å². The Morgan fingerprint density at radius 2 is 1.69 bits per heavy atom. The number of sulfonamides is 1. The first-order valence-electron chi connectivity index (χ1n) is 14.8. The van der Waals surface area contributed by atoms with Crippen LogP contribution in [0, 0.1) is 0 Å². The third kappa shape index (κ3) is 8.15. The van der Waals surface area contributed by atoms with Gasteiger partial charge in [0.1, 0.15) is 12.4 Å². The molecule has 0 atom stereocenters. The minimum Gasteiger partial charge on any atom is -0.372 e. The molecule has 0 radical (unpaired) electrons. The smallest absolute Gasteiger partial charge is 0.259 e. The Morgan fingerprint density at radius 1 is 1.06 bits per heavy atom. The molecule has 9 heteroatoms. The van der Waals surface area contributed by atoms with Crippen molar-refractivity contribution in [2.75, 3.05) is 30.9 Å². The molecular formula is C26H32N4O4S. The molecule has 2 aromatic carbocycles. The largest absolute Gasteiger partial charge is 0.372 e. The number of anilines is 1. The molecule has 0 aliphatic carbocycles. The lowest BCUT2D eigenvalue weighted by Crippen LogP contribution is -2.33. The highest BCUT2D eigenvalue weighted by molar-refractivity contribution is 7.89. The lowest BCUT2D eigenvalue weighted by molar-refractivity contribution is -0.123. The summed E-state index contributed by atoms with van der Waals surface area (Å²) in [5.41, 5.74) is 2.36. The Kier molecular flexibility index (Phi) is 6.10. The fourth-order valence-corrected chi connectivity index (χ4v) is 3.64. The number of nitrogens with one attached hydrogen (secondary N) is 1.